The fourth-order valence-electron chi connectivity index (χ4n) is 4.53. The van der Waals surface area contributed by atoms with Gasteiger partial charge in [0.05, 0.1) is 19.3 Å². The quantitative estimate of drug-likeness (QED) is 0.615. The minimum Gasteiger partial charge on any atom is -0.493 e. The van der Waals surface area contributed by atoms with Crippen molar-refractivity contribution >= 4 is 11.8 Å². The van der Waals surface area contributed by atoms with E-state index >= 15 is 0 Å². The molecule has 2 aromatic rings. The summed E-state index contributed by atoms with van der Waals surface area (Å²) >= 11 is 0. The lowest BCUT2D eigenvalue weighted by atomic mass is 9.75. The molecule has 0 fully saturated rings. The smallest absolute Gasteiger partial charge is 0.337 e. The van der Waals surface area contributed by atoms with Crippen LogP contribution in [0, 0.1) is 0 Å². The second-order valence-corrected chi connectivity index (χ2v) is 8.17. The Bertz CT molecular complexity index is 1120. The van der Waals surface area contributed by atoms with Crippen LogP contribution in [0.5, 0.6) is 11.5 Å². The fraction of sp³-hybridized carbons (Fsp3) is 0.333. The Balaban J connectivity index is 1.74. The third-order valence-corrected chi connectivity index (χ3v) is 6.03. The van der Waals surface area contributed by atoms with Gasteiger partial charge in [-0.15, -0.1) is 0 Å². The van der Waals surface area contributed by atoms with Gasteiger partial charge in [-0.25, -0.2) is 4.79 Å². The normalized spacial score (nSPS) is 17.9. The summed E-state index contributed by atoms with van der Waals surface area (Å²) in [6, 6.07) is 15.1. The summed E-state index contributed by atoms with van der Waals surface area (Å²) < 4.78 is 16.9. The molecule has 33 heavy (non-hydrogen) atoms. The van der Waals surface area contributed by atoms with Crippen molar-refractivity contribution in [1.82, 2.24) is 5.32 Å². The van der Waals surface area contributed by atoms with Crippen LogP contribution in [-0.4, -0.2) is 25.5 Å². The maximum absolute atomic E-state index is 13.4. The van der Waals surface area contributed by atoms with Crippen LogP contribution in [0.4, 0.5) is 0 Å². The molecule has 1 aliphatic heterocycles. The number of Topliss-reactive ketones (excluding diaryl/α,β-unsaturated/α-hetero) is 1. The summed E-state index contributed by atoms with van der Waals surface area (Å²) in [6.07, 6.45) is 2.04. The molecule has 1 atom stereocenters. The average Bonchev–Trinajstić information content (AvgIpc) is 2.83. The first kappa shape index (κ1) is 22.6. The van der Waals surface area contributed by atoms with E-state index < -0.39 is 11.9 Å². The summed E-state index contributed by atoms with van der Waals surface area (Å²) in [7, 11) is 1.58. The number of allylic oxidation sites excluding steroid dienone is 3. The van der Waals surface area contributed by atoms with Gasteiger partial charge in [0.2, 0.25) is 0 Å². The third kappa shape index (κ3) is 4.65. The Kier molecular flexibility index (Phi) is 6.82. The highest BCUT2D eigenvalue weighted by atomic mass is 16.5. The van der Waals surface area contributed by atoms with Crippen LogP contribution in [0.1, 0.15) is 50.2 Å². The van der Waals surface area contributed by atoms with Crippen LogP contribution in [0.25, 0.3) is 0 Å². The van der Waals surface area contributed by atoms with E-state index in [4.69, 9.17) is 14.2 Å². The van der Waals surface area contributed by atoms with E-state index in [2.05, 4.69) is 5.32 Å². The number of methoxy groups -OCH3 is 1. The van der Waals surface area contributed by atoms with E-state index in [0.717, 1.165) is 29.7 Å². The lowest BCUT2D eigenvalue weighted by Gasteiger charge is -2.34. The number of dihydropyridines is 1. The minimum atomic E-state index is -0.526. The molecular formula is C27H29NO5. The molecule has 1 aliphatic carbocycles. The van der Waals surface area contributed by atoms with Gasteiger partial charge in [0.15, 0.2) is 17.3 Å². The van der Waals surface area contributed by atoms with Gasteiger partial charge >= 0.3 is 5.97 Å². The number of rotatable bonds is 7. The standard InChI is InChI=1S/C27H29NO5/c1-4-32-22-14-13-19(15-23(22)31-3)25-24(27(30)33-16-18-9-6-5-7-10-18)17(2)28-20-11-8-12-21(29)26(20)25/h5-7,9-10,13-15,25,28H,4,8,11-12,16H2,1-3H3. The maximum Gasteiger partial charge on any atom is 0.337 e. The summed E-state index contributed by atoms with van der Waals surface area (Å²) in [6.45, 7) is 4.44. The molecule has 2 aromatic carbocycles. The number of ether oxygens (including phenoxy) is 3. The molecule has 172 valence electrons. The van der Waals surface area contributed by atoms with Crippen LogP contribution < -0.4 is 14.8 Å². The topological polar surface area (TPSA) is 73.9 Å². The summed E-state index contributed by atoms with van der Waals surface area (Å²) in [5.41, 5.74) is 4.39. The van der Waals surface area contributed by atoms with Gasteiger partial charge in [0.25, 0.3) is 0 Å². The van der Waals surface area contributed by atoms with E-state index in [-0.39, 0.29) is 12.4 Å². The zero-order chi connectivity index (χ0) is 23.4. The van der Waals surface area contributed by atoms with E-state index in [1.807, 2.05) is 62.4 Å². The van der Waals surface area contributed by atoms with Gasteiger partial charge in [0, 0.05) is 29.3 Å². The van der Waals surface area contributed by atoms with Crippen molar-refractivity contribution in [3.8, 4) is 11.5 Å². The van der Waals surface area contributed by atoms with Crippen molar-refractivity contribution in [2.24, 2.45) is 0 Å². The second-order valence-electron chi connectivity index (χ2n) is 8.17. The third-order valence-electron chi connectivity index (χ3n) is 6.03. The molecule has 0 spiro atoms. The highest BCUT2D eigenvalue weighted by molar-refractivity contribution is 6.03. The van der Waals surface area contributed by atoms with Crippen LogP contribution in [-0.2, 0) is 20.9 Å². The monoisotopic (exact) mass is 447 g/mol. The van der Waals surface area contributed by atoms with Gasteiger partial charge in [-0.3, -0.25) is 4.79 Å². The predicted octanol–water partition coefficient (Wildman–Crippen LogP) is 4.81. The highest BCUT2D eigenvalue weighted by Crippen LogP contribution is 2.44. The lowest BCUT2D eigenvalue weighted by Crippen LogP contribution is -2.34. The average molecular weight is 448 g/mol. The molecule has 0 saturated heterocycles. The zero-order valence-electron chi connectivity index (χ0n) is 19.3. The van der Waals surface area contributed by atoms with Crippen molar-refractivity contribution in [2.75, 3.05) is 13.7 Å². The summed E-state index contributed by atoms with van der Waals surface area (Å²) in [5, 5.41) is 3.32. The minimum absolute atomic E-state index is 0.0578. The highest BCUT2D eigenvalue weighted by Gasteiger charge is 2.39. The molecular weight excluding hydrogens is 418 g/mol. The number of nitrogens with one attached hydrogen (secondary N) is 1. The van der Waals surface area contributed by atoms with Crippen molar-refractivity contribution in [3.63, 3.8) is 0 Å². The van der Waals surface area contributed by atoms with Crippen LogP contribution in [0.15, 0.2) is 71.1 Å². The van der Waals surface area contributed by atoms with Crippen LogP contribution in [0.2, 0.25) is 0 Å². The number of benzene rings is 2. The Morgan fingerprint density at radius 3 is 2.61 bits per heavy atom. The van der Waals surface area contributed by atoms with Gasteiger partial charge in [-0.05, 0) is 49.9 Å². The predicted molar refractivity (Wildman–Crippen MR) is 125 cm³/mol. The van der Waals surface area contributed by atoms with Crippen molar-refractivity contribution in [2.45, 2.75) is 45.6 Å². The largest absolute Gasteiger partial charge is 0.493 e. The fourth-order valence-corrected chi connectivity index (χ4v) is 4.53. The summed E-state index contributed by atoms with van der Waals surface area (Å²) in [5.74, 6) is 0.277. The lowest BCUT2D eigenvalue weighted by molar-refractivity contribution is -0.140. The molecule has 2 aliphatic rings. The molecule has 6 heteroatoms. The molecule has 1 unspecified atom stereocenters. The number of esters is 1. The van der Waals surface area contributed by atoms with Crippen molar-refractivity contribution in [1.29, 1.82) is 0 Å². The molecule has 6 nitrogen and oxygen atoms in total. The Labute approximate surface area is 194 Å². The zero-order valence-corrected chi connectivity index (χ0v) is 19.3. The van der Waals surface area contributed by atoms with Gasteiger partial charge in [-0.1, -0.05) is 36.4 Å². The molecule has 0 aromatic heterocycles. The van der Waals surface area contributed by atoms with Crippen molar-refractivity contribution in [3.05, 3.63) is 82.2 Å². The van der Waals surface area contributed by atoms with E-state index in [1.165, 1.54) is 0 Å². The first-order chi connectivity index (χ1) is 16.0. The molecule has 1 N–H and O–H groups in total. The molecule has 0 amide bonds. The van der Waals surface area contributed by atoms with E-state index in [1.54, 1.807) is 7.11 Å². The van der Waals surface area contributed by atoms with Crippen molar-refractivity contribution < 1.29 is 23.8 Å². The number of hydrogen-bond donors (Lipinski definition) is 1. The van der Waals surface area contributed by atoms with Gasteiger partial charge in [-0.2, -0.15) is 0 Å². The number of carbonyl (C=O) groups excluding carboxylic acids is 2. The number of hydrogen-bond acceptors (Lipinski definition) is 6. The van der Waals surface area contributed by atoms with Crippen LogP contribution >= 0.6 is 0 Å². The first-order valence-corrected chi connectivity index (χ1v) is 11.3. The van der Waals surface area contributed by atoms with E-state index in [9.17, 15) is 9.59 Å². The molecule has 1 heterocycles. The first-order valence-electron chi connectivity index (χ1n) is 11.3. The molecule has 0 saturated carbocycles. The maximum atomic E-state index is 13.4. The summed E-state index contributed by atoms with van der Waals surface area (Å²) in [4.78, 5) is 26.4. The molecule has 0 radical (unpaired) electrons. The SMILES string of the molecule is CCOc1ccc(C2C(C(=O)OCc3ccccc3)=C(C)NC3=C2C(=O)CCC3)cc1OC. The van der Waals surface area contributed by atoms with E-state index in [0.29, 0.717) is 41.4 Å². The second kappa shape index (κ2) is 9.94. The van der Waals surface area contributed by atoms with Crippen LogP contribution in [0.3, 0.4) is 0 Å². The van der Waals surface area contributed by atoms with Gasteiger partial charge < -0.3 is 19.5 Å². The Hall–Kier alpha value is -3.54. The Morgan fingerprint density at radius 1 is 1.09 bits per heavy atom. The number of carbonyl (C=O) groups is 2. The molecule has 0 bridgehead atoms. The van der Waals surface area contributed by atoms with Gasteiger partial charge in [0.1, 0.15) is 6.61 Å². The molecule has 4 rings (SSSR count). The Morgan fingerprint density at radius 2 is 1.88 bits per heavy atom. The number of ketones is 1.